The van der Waals surface area contributed by atoms with E-state index in [4.69, 9.17) is 11.6 Å². The zero-order valence-electron chi connectivity index (χ0n) is 10.7. The number of halogens is 1. The Kier molecular flexibility index (Phi) is 6.20. The third-order valence-corrected chi connectivity index (χ3v) is 5.69. The fourth-order valence-electron chi connectivity index (χ4n) is 2.29. The monoisotopic (exact) mass is 282 g/mol. The molecule has 0 amide bonds. The number of hydrogen-bond acceptors (Lipinski definition) is 3. The van der Waals surface area contributed by atoms with E-state index in [-0.39, 0.29) is 17.7 Å². The number of likely N-dealkylation sites (tertiary alicyclic amines) is 1. The zero-order valence-corrected chi connectivity index (χ0v) is 12.3. The molecule has 1 aliphatic rings. The number of hydrogen-bond donors (Lipinski definition) is 0. The molecule has 1 fully saturated rings. The minimum absolute atomic E-state index is 0.0419. The summed E-state index contributed by atoms with van der Waals surface area (Å²) in [5.41, 5.74) is 0. The first-order valence-electron chi connectivity index (χ1n) is 6.25. The summed E-state index contributed by atoms with van der Waals surface area (Å²) in [4.78, 5) is 2.40. The summed E-state index contributed by atoms with van der Waals surface area (Å²) in [6.45, 7) is 5.28. The van der Waals surface area contributed by atoms with Crippen molar-refractivity contribution in [1.29, 1.82) is 0 Å². The molecule has 0 atom stereocenters. The summed E-state index contributed by atoms with van der Waals surface area (Å²) in [5.74, 6) is 0.210. The molecular weight excluding hydrogens is 260 g/mol. The molecule has 0 aromatic carbocycles. The third kappa shape index (κ3) is 4.39. The molecule has 1 aliphatic heterocycles. The van der Waals surface area contributed by atoms with Gasteiger partial charge in [0.05, 0.1) is 5.75 Å². The maximum absolute atomic E-state index is 11.9. The van der Waals surface area contributed by atoms with Crippen molar-refractivity contribution in [2.24, 2.45) is 0 Å². The SMILES string of the molecule is CCCN1CCC(N(C)S(=O)(=O)CCCl)CC1. The Morgan fingerprint density at radius 2 is 1.94 bits per heavy atom. The van der Waals surface area contributed by atoms with Crippen LogP contribution in [0.15, 0.2) is 0 Å². The Morgan fingerprint density at radius 1 is 1.35 bits per heavy atom. The van der Waals surface area contributed by atoms with Gasteiger partial charge in [0.1, 0.15) is 0 Å². The zero-order chi connectivity index (χ0) is 12.9. The van der Waals surface area contributed by atoms with Gasteiger partial charge in [-0.1, -0.05) is 6.92 Å². The van der Waals surface area contributed by atoms with Crippen LogP contribution in [-0.4, -0.2) is 62.0 Å². The second kappa shape index (κ2) is 6.92. The molecule has 0 aliphatic carbocycles. The highest BCUT2D eigenvalue weighted by molar-refractivity contribution is 7.89. The van der Waals surface area contributed by atoms with Crippen LogP contribution < -0.4 is 0 Å². The first-order valence-corrected chi connectivity index (χ1v) is 8.39. The predicted octanol–water partition coefficient (Wildman–Crippen LogP) is 1.36. The van der Waals surface area contributed by atoms with Crippen LogP contribution in [0.4, 0.5) is 0 Å². The number of alkyl halides is 1. The average molecular weight is 283 g/mol. The maximum atomic E-state index is 11.9. The lowest BCUT2D eigenvalue weighted by atomic mass is 10.1. The number of piperidine rings is 1. The lowest BCUT2D eigenvalue weighted by molar-refractivity contribution is 0.170. The predicted molar refractivity (Wildman–Crippen MR) is 72.0 cm³/mol. The number of sulfonamides is 1. The first-order chi connectivity index (χ1) is 8.01. The topological polar surface area (TPSA) is 40.6 Å². The largest absolute Gasteiger partial charge is 0.303 e. The molecule has 0 aromatic heterocycles. The van der Waals surface area contributed by atoms with Gasteiger partial charge in [0, 0.05) is 19.0 Å². The summed E-state index contributed by atoms with van der Waals surface area (Å²) in [6, 6.07) is 0.149. The van der Waals surface area contributed by atoms with Gasteiger partial charge in [-0.15, -0.1) is 11.6 Å². The van der Waals surface area contributed by atoms with Crippen LogP contribution in [0.25, 0.3) is 0 Å². The van der Waals surface area contributed by atoms with Gasteiger partial charge in [-0.05, 0) is 38.9 Å². The molecule has 0 radical (unpaired) electrons. The molecule has 102 valence electrons. The van der Waals surface area contributed by atoms with Crippen LogP contribution in [0.1, 0.15) is 26.2 Å². The van der Waals surface area contributed by atoms with Crippen LogP contribution in [0, 0.1) is 0 Å². The highest BCUT2D eigenvalue weighted by Gasteiger charge is 2.28. The van der Waals surface area contributed by atoms with E-state index in [1.807, 2.05) is 0 Å². The molecule has 6 heteroatoms. The minimum Gasteiger partial charge on any atom is -0.303 e. The quantitative estimate of drug-likeness (QED) is 0.691. The van der Waals surface area contributed by atoms with E-state index >= 15 is 0 Å². The van der Waals surface area contributed by atoms with Crippen molar-refractivity contribution in [1.82, 2.24) is 9.21 Å². The summed E-state index contributed by atoms with van der Waals surface area (Å²) >= 11 is 5.52. The first kappa shape index (κ1) is 15.2. The molecule has 1 heterocycles. The fraction of sp³-hybridized carbons (Fsp3) is 1.00. The molecule has 0 bridgehead atoms. The Labute approximate surface area is 110 Å². The molecule has 0 N–H and O–H groups in total. The molecule has 0 saturated carbocycles. The molecule has 0 spiro atoms. The Balaban J connectivity index is 2.48. The Hall–Kier alpha value is 0.160. The maximum Gasteiger partial charge on any atom is 0.215 e. The van der Waals surface area contributed by atoms with E-state index < -0.39 is 10.0 Å². The second-order valence-corrected chi connectivity index (χ2v) is 7.12. The van der Waals surface area contributed by atoms with Crippen molar-refractivity contribution in [3.63, 3.8) is 0 Å². The molecular formula is C11H23ClN2O2S. The van der Waals surface area contributed by atoms with Crippen molar-refractivity contribution < 1.29 is 8.42 Å². The highest BCUT2D eigenvalue weighted by atomic mass is 35.5. The van der Waals surface area contributed by atoms with Crippen LogP contribution in [0.5, 0.6) is 0 Å². The molecule has 17 heavy (non-hydrogen) atoms. The van der Waals surface area contributed by atoms with Crippen molar-refractivity contribution in [2.45, 2.75) is 32.2 Å². The Morgan fingerprint density at radius 3 is 2.41 bits per heavy atom. The summed E-state index contributed by atoms with van der Waals surface area (Å²) in [7, 11) is -1.47. The number of rotatable bonds is 6. The van der Waals surface area contributed by atoms with Crippen LogP contribution >= 0.6 is 11.6 Å². The van der Waals surface area contributed by atoms with Gasteiger partial charge >= 0.3 is 0 Å². The smallest absolute Gasteiger partial charge is 0.215 e. The van der Waals surface area contributed by atoms with Crippen molar-refractivity contribution in [3.05, 3.63) is 0 Å². The van der Waals surface area contributed by atoms with Crippen molar-refractivity contribution in [2.75, 3.05) is 38.3 Å². The van der Waals surface area contributed by atoms with Crippen LogP contribution in [-0.2, 0) is 10.0 Å². The van der Waals surface area contributed by atoms with Gasteiger partial charge in [0.2, 0.25) is 10.0 Å². The summed E-state index contributed by atoms with van der Waals surface area (Å²) in [5, 5.41) is 0. The van der Waals surface area contributed by atoms with Gasteiger partial charge in [0.25, 0.3) is 0 Å². The Bertz CT molecular complexity index is 313. The minimum atomic E-state index is -3.16. The van der Waals surface area contributed by atoms with Gasteiger partial charge in [-0.3, -0.25) is 0 Å². The second-order valence-electron chi connectivity index (χ2n) is 4.59. The van der Waals surface area contributed by atoms with Gasteiger partial charge < -0.3 is 4.90 Å². The molecule has 0 aromatic rings. The average Bonchev–Trinajstić information content (AvgIpc) is 2.29. The highest BCUT2D eigenvalue weighted by Crippen LogP contribution is 2.18. The van der Waals surface area contributed by atoms with Crippen LogP contribution in [0.3, 0.4) is 0 Å². The van der Waals surface area contributed by atoms with Gasteiger partial charge in [-0.2, -0.15) is 0 Å². The summed E-state index contributed by atoms with van der Waals surface area (Å²) < 4.78 is 25.3. The molecule has 1 saturated heterocycles. The fourth-order valence-corrected chi connectivity index (χ4v) is 4.02. The van der Waals surface area contributed by atoms with Gasteiger partial charge in [0.15, 0.2) is 0 Å². The van der Waals surface area contributed by atoms with E-state index in [1.165, 1.54) is 4.31 Å². The third-order valence-electron chi connectivity index (χ3n) is 3.39. The van der Waals surface area contributed by atoms with E-state index in [0.29, 0.717) is 0 Å². The van der Waals surface area contributed by atoms with E-state index in [2.05, 4.69) is 11.8 Å². The molecule has 4 nitrogen and oxygen atoms in total. The standard InChI is InChI=1S/C11H23ClN2O2S/c1-3-7-14-8-4-11(5-9-14)13(2)17(15,16)10-6-12/h11H,3-10H2,1-2H3. The lowest BCUT2D eigenvalue weighted by Crippen LogP contribution is -2.46. The normalized spacial score (nSPS) is 20.0. The molecule has 0 unspecified atom stereocenters. The number of nitrogens with zero attached hydrogens (tertiary/aromatic N) is 2. The van der Waals surface area contributed by atoms with Crippen molar-refractivity contribution >= 4 is 21.6 Å². The lowest BCUT2D eigenvalue weighted by Gasteiger charge is -2.35. The van der Waals surface area contributed by atoms with E-state index in [0.717, 1.165) is 38.9 Å². The van der Waals surface area contributed by atoms with Crippen molar-refractivity contribution in [3.8, 4) is 0 Å². The molecule has 1 rings (SSSR count). The summed E-state index contributed by atoms with van der Waals surface area (Å²) in [6.07, 6.45) is 3.01. The van der Waals surface area contributed by atoms with Gasteiger partial charge in [-0.25, -0.2) is 12.7 Å². The van der Waals surface area contributed by atoms with Crippen LogP contribution in [0.2, 0.25) is 0 Å². The van der Waals surface area contributed by atoms with E-state index in [9.17, 15) is 8.42 Å². The van der Waals surface area contributed by atoms with E-state index in [1.54, 1.807) is 7.05 Å².